The van der Waals surface area contributed by atoms with Crippen LogP contribution in [0.25, 0.3) is 0 Å². The number of methoxy groups -OCH3 is 2. The highest BCUT2D eigenvalue weighted by atomic mass is 32.2. The Labute approximate surface area is 101 Å². The summed E-state index contributed by atoms with van der Waals surface area (Å²) < 4.78 is 10.8. The van der Waals surface area contributed by atoms with Gasteiger partial charge in [0.1, 0.15) is 0 Å². The topological polar surface area (TPSA) is 44.5 Å². The minimum atomic E-state index is 0.110. The summed E-state index contributed by atoms with van der Waals surface area (Å²) in [5.74, 6) is 1.60. The molecule has 2 N–H and O–H groups in total. The number of hydrogen-bond donors (Lipinski definition) is 1. The standard InChI is InChI=1S/C12H19NO2S/c1-8(13)7-9-5-6-10(16-4)12(15-3)11(9)14-2/h5-6,8H,7,13H2,1-4H3. The van der Waals surface area contributed by atoms with Crippen LogP contribution in [0.1, 0.15) is 12.5 Å². The van der Waals surface area contributed by atoms with Crippen molar-refractivity contribution in [1.82, 2.24) is 0 Å². The summed E-state index contributed by atoms with van der Waals surface area (Å²) in [7, 11) is 3.32. The van der Waals surface area contributed by atoms with E-state index in [0.717, 1.165) is 28.4 Å². The molecule has 0 heterocycles. The Morgan fingerprint density at radius 1 is 1.25 bits per heavy atom. The molecule has 16 heavy (non-hydrogen) atoms. The summed E-state index contributed by atoms with van der Waals surface area (Å²) in [5, 5.41) is 0. The van der Waals surface area contributed by atoms with Crippen molar-refractivity contribution in [2.24, 2.45) is 5.73 Å². The molecule has 0 amide bonds. The predicted molar refractivity (Wildman–Crippen MR) is 68.7 cm³/mol. The Balaban J connectivity index is 3.20. The Hall–Kier alpha value is -0.870. The van der Waals surface area contributed by atoms with Crippen molar-refractivity contribution < 1.29 is 9.47 Å². The van der Waals surface area contributed by atoms with E-state index in [1.54, 1.807) is 26.0 Å². The van der Waals surface area contributed by atoms with E-state index in [1.165, 1.54) is 0 Å². The van der Waals surface area contributed by atoms with E-state index in [-0.39, 0.29) is 6.04 Å². The Morgan fingerprint density at radius 2 is 1.88 bits per heavy atom. The van der Waals surface area contributed by atoms with Gasteiger partial charge in [0, 0.05) is 6.04 Å². The molecule has 0 spiro atoms. The number of hydrogen-bond acceptors (Lipinski definition) is 4. The molecule has 0 fully saturated rings. The fraction of sp³-hybridized carbons (Fsp3) is 0.500. The minimum absolute atomic E-state index is 0.110. The lowest BCUT2D eigenvalue weighted by Crippen LogP contribution is -2.18. The van der Waals surface area contributed by atoms with Crippen LogP contribution in [-0.2, 0) is 6.42 Å². The largest absolute Gasteiger partial charge is 0.493 e. The minimum Gasteiger partial charge on any atom is -0.493 e. The summed E-state index contributed by atoms with van der Waals surface area (Å²) in [5.41, 5.74) is 6.90. The number of rotatable bonds is 5. The molecular formula is C12H19NO2S. The third-order valence-electron chi connectivity index (χ3n) is 2.33. The van der Waals surface area contributed by atoms with Gasteiger partial charge in [-0.3, -0.25) is 0 Å². The lowest BCUT2D eigenvalue weighted by molar-refractivity contribution is 0.344. The summed E-state index contributed by atoms with van der Waals surface area (Å²) in [6, 6.07) is 4.21. The molecule has 0 aliphatic carbocycles. The molecule has 0 aliphatic rings. The molecule has 1 atom stereocenters. The van der Waals surface area contributed by atoms with Crippen LogP contribution in [0.4, 0.5) is 0 Å². The third kappa shape index (κ3) is 2.83. The van der Waals surface area contributed by atoms with Crippen LogP contribution in [0, 0.1) is 0 Å². The first-order chi connectivity index (χ1) is 7.63. The van der Waals surface area contributed by atoms with Crippen LogP contribution in [0.5, 0.6) is 11.5 Å². The zero-order chi connectivity index (χ0) is 12.1. The van der Waals surface area contributed by atoms with Gasteiger partial charge >= 0.3 is 0 Å². The highest BCUT2D eigenvalue weighted by Gasteiger charge is 2.15. The van der Waals surface area contributed by atoms with Gasteiger partial charge in [0.05, 0.1) is 19.1 Å². The lowest BCUT2D eigenvalue weighted by Gasteiger charge is -2.16. The SMILES string of the molecule is COc1c(CC(C)N)ccc(SC)c1OC. The van der Waals surface area contributed by atoms with Crippen LogP contribution >= 0.6 is 11.8 Å². The molecule has 0 saturated heterocycles. The van der Waals surface area contributed by atoms with Gasteiger partial charge in [0.15, 0.2) is 11.5 Å². The van der Waals surface area contributed by atoms with Crippen LogP contribution in [0.15, 0.2) is 17.0 Å². The van der Waals surface area contributed by atoms with Gasteiger partial charge in [-0.2, -0.15) is 0 Å². The number of thioether (sulfide) groups is 1. The number of benzene rings is 1. The number of ether oxygens (including phenoxy) is 2. The Morgan fingerprint density at radius 3 is 2.31 bits per heavy atom. The van der Waals surface area contributed by atoms with Crippen molar-refractivity contribution in [1.29, 1.82) is 0 Å². The smallest absolute Gasteiger partial charge is 0.174 e. The van der Waals surface area contributed by atoms with E-state index in [1.807, 2.05) is 19.2 Å². The molecule has 90 valence electrons. The van der Waals surface area contributed by atoms with Crippen LogP contribution in [-0.4, -0.2) is 26.5 Å². The van der Waals surface area contributed by atoms with Crippen molar-refractivity contribution in [2.75, 3.05) is 20.5 Å². The summed E-state index contributed by atoms with van der Waals surface area (Å²) in [6.45, 7) is 1.98. The summed E-state index contributed by atoms with van der Waals surface area (Å²) in [6.07, 6.45) is 2.80. The van der Waals surface area contributed by atoms with E-state index in [0.29, 0.717) is 0 Å². The van der Waals surface area contributed by atoms with Crippen molar-refractivity contribution in [3.8, 4) is 11.5 Å². The van der Waals surface area contributed by atoms with Crippen molar-refractivity contribution in [3.63, 3.8) is 0 Å². The van der Waals surface area contributed by atoms with E-state index >= 15 is 0 Å². The molecular weight excluding hydrogens is 222 g/mol. The van der Waals surface area contributed by atoms with Gasteiger partial charge in [-0.15, -0.1) is 11.8 Å². The molecule has 1 unspecified atom stereocenters. The van der Waals surface area contributed by atoms with Crippen molar-refractivity contribution in [3.05, 3.63) is 17.7 Å². The van der Waals surface area contributed by atoms with E-state index in [4.69, 9.17) is 15.2 Å². The highest BCUT2D eigenvalue weighted by molar-refractivity contribution is 7.98. The molecule has 1 aromatic rings. The van der Waals surface area contributed by atoms with E-state index < -0.39 is 0 Å². The van der Waals surface area contributed by atoms with Crippen LogP contribution in [0.2, 0.25) is 0 Å². The first kappa shape index (κ1) is 13.2. The van der Waals surface area contributed by atoms with Gasteiger partial charge in [0.2, 0.25) is 0 Å². The maximum absolute atomic E-state index is 5.81. The van der Waals surface area contributed by atoms with Gasteiger partial charge in [-0.25, -0.2) is 0 Å². The predicted octanol–water partition coefficient (Wildman–Crippen LogP) is 2.32. The molecule has 1 aromatic carbocycles. The first-order valence-corrected chi connectivity index (χ1v) is 6.40. The van der Waals surface area contributed by atoms with E-state index in [9.17, 15) is 0 Å². The van der Waals surface area contributed by atoms with E-state index in [2.05, 4.69) is 6.07 Å². The maximum atomic E-state index is 5.81. The van der Waals surface area contributed by atoms with Gasteiger partial charge in [0.25, 0.3) is 0 Å². The average molecular weight is 241 g/mol. The lowest BCUT2D eigenvalue weighted by atomic mass is 10.1. The first-order valence-electron chi connectivity index (χ1n) is 5.17. The highest BCUT2D eigenvalue weighted by Crippen LogP contribution is 2.39. The van der Waals surface area contributed by atoms with Gasteiger partial charge in [-0.1, -0.05) is 6.07 Å². The summed E-state index contributed by atoms with van der Waals surface area (Å²) in [4.78, 5) is 1.08. The molecule has 4 heteroatoms. The molecule has 0 saturated carbocycles. The maximum Gasteiger partial charge on any atom is 0.174 e. The van der Waals surface area contributed by atoms with Crippen molar-refractivity contribution >= 4 is 11.8 Å². The zero-order valence-electron chi connectivity index (χ0n) is 10.2. The van der Waals surface area contributed by atoms with Gasteiger partial charge in [-0.05, 0) is 31.2 Å². The molecule has 0 aromatic heterocycles. The summed E-state index contributed by atoms with van der Waals surface area (Å²) >= 11 is 1.64. The van der Waals surface area contributed by atoms with Crippen LogP contribution in [0.3, 0.4) is 0 Å². The van der Waals surface area contributed by atoms with Gasteiger partial charge < -0.3 is 15.2 Å². The van der Waals surface area contributed by atoms with Crippen molar-refractivity contribution in [2.45, 2.75) is 24.3 Å². The molecule has 0 radical (unpaired) electrons. The second-order valence-corrected chi connectivity index (χ2v) is 4.52. The molecule has 1 rings (SSSR count). The normalized spacial score (nSPS) is 12.3. The Kier molecular flexibility index (Phi) is 4.96. The number of nitrogens with two attached hydrogens (primary N) is 1. The molecule has 0 aliphatic heterocycles. The fourth-order valence-electron chi connectivity index (χ4n) is 1.67. The van der Waals surface area contributed by atoms with Crippen LogP contribution < -0.4 is 15.2 Å². The third-order valence-corrected chi connectivity index (χ3v) is 3.09. The fourth-order valence-corrected chi connectivity index (χ4v) is 2.24. The monoisotopic (exact) mass is 241 g/mol. The second kappa shape index (κ2) is 6.01. The Bertz CT molecular complexity index is 353. The quantitative estimate of drug-likeness (QED) is 0.804. The molecule has 3 nitrogen and oxygen atoms in total. The molecule has 0 bridgehead atoms. The zero-order valence-corrected chi connectivity index (χ0v) is 11.1. The second-order valence-electron chi connectivity index (χ2n) is 3.67. The average Bonchev–Trinajstić information content (AvgIpc) is 2.27.